The third-order valence-electron chi connectivity index (χ3n) is 4.24. The van der Waals surface area contributed by atoms with Crippen LogP contribution in [-0.4, -0.2) is 48.0 Å². The van der Waals surface area contributed by atoms with Gasteiger partial charge in [-0.05, 0) is 37.4 Å². The van der Waals surface area contributed by atoms with E-state index >= 15 is 0 Å². The van der Waals surface area contributed by atoms with Crippen LogP contribution >= 0.6 is 12.2 Å². The second-order valence-electron chi connectivity index (χ2n) is 6.00. The highest BCUT2D eigenvalue weighted by Crippen LogP contribution is 2.17. The van der Waals surface area contributed by atoms with Crippen molar-refractivity contribution < 1.29 is 9.13 Å². The molecule has 24 heavy (non-hydrogen) atoms. The molecule has 1 saturated heterocycles. The molecule has 0 radical (unpaired) electrons. The van der Waals surface area contributed by atoms with E-state index in [9.17, 15) is 4.39 Å². The average molecular weight is 344 g/mol. The molecule has 0 spiro atoms. The number of nitrogens with zero attached hydrogens (tertiary/aromatic N) is 2. The van der Waals surface area contributed by atoms with Crippen molar-refractivity contribution in [3.8, 4) is 5.75 Å². The number of piperazine rings is 1. The largest absolute Gasteiger partial charge is 0.489 e. The zero-order chi connectivity index (χ0) is 16.9. The van der Waals surface area contributed by atoms with E-state index in [2.05, 4.69) is 16.8 Å². The average Bonchev–Trinajstić information content (AvgIpc) is 2.62. The molecule has 0 amide bonds. The lowest BCUT2D eigenvalue weighted by Crippen LogP contribution is -2.46. The first-order valence-electron chi connectivity index (χ1n) is 8.07. The van der Waals surface area contributed by atoms with Crippen LogP contribution in [0.1, 0.15) is 11.1 Å². The van der Waals surface area contributed by atoms with Gasteiger partial charge >= 0.3 is 0 Å². The van der Waals surface area contributed by atoms with E-state index in [1.54, 1.807) is 18.2 Å². The summed E-state index contributed by atoms with van der Waals surface area (Å²) in [5.74, 6) is 0.466. The molecule has 0 aliphatic carbocycles. The van der Waals surface area contributed by atoms with E-state index in [1.807, 2.05) is 24.3 Å². The fourth-order valence-corrected chi connectivity index (χ4v) is 2.98. The quantitative estimate of drug-likeness (QED) is 0.790. The third-order valence-corrected chi connectivity index (χ3v) is 4.74. The minimum Gasteiger partial charge on any atom is -0.489 e. The number of halogens is 1. The Bertz CT molecular complexity index is 697. The lowest BCUT2D eigenvalue weighted by atomic mass is 10.2. The summed E-state index contributed by atoms with van der Waals surface area (Å²) in [6.45, 7) is 4.20. The molecular weight excluding hydrogens is 323 g/mol. The SMILES string of the molecule is CN1CCN(C(=S)c2ccc(OCc3ccccc3F)cc2)CC1. The first-order chi connectivity index (χ1) is 11.6. The number of hydrogen-bond acceptors (Lipinski definition) is 3. The van der Waals surface area contributed by atoms with Crippen LogP contribution in [0.5, 0.6) is 5.75 Å². The Morgan fingerprint density at radius 2 is 1.71 bits per heavy atom. The summed E-state index contributed by atoms with van der Waals surface area (Å²) in [5, 5.41) is 0. The molecule has 1 heterocycles. The molecule has 0 aromatic heterocycles. The number of ether oxygens (including phenoxy) is 1. The van der Waals surface area contributed by atoms with E-state index in [-0.39, 0.29) is 12.4 Å². The molecule has 1 fully saturated rings. The minimum absolute atomic E-state index is 0.217. The molecule has 126 valence electrons. The zero-order valence-electron chi connectivity index (χ0n) is 13.7. The van der Waals surface area contributed by atoms with Crippen molar-refractivity contribution in [2.45, 2.75) is 6.61 Å². The topological polar surface area (TPSA) is 15.7 Å². The Labute approximate surface area is 147 Å². The normalized spacial score (nSPS) is 15.3. The second-order valence-corrected chi connectivity index (χ2v) is 6.39. The highest BCUT2D eigenvalue weighted by atomic mass is 32.1. The van der Waals surface area contributed by atoms with Gasteiger partial charge in [-0.15, -0.1) is 0 Å². The van der Waals surface area contributed by atoms with Crippen LogP contribution in [0.3, 0.4) is 0 Å². The van der Waals surface area contributed by atoms with Crippen LogP contribution in [0.4, 0.5) is 4.39 Å². The lowest BCUT2D eigenvalue weighted by Gasteiger charge is -2.34. The summed E-state index contributed by atoms with van der Waals surface area (Å²) in [6, 6.07) is 14.4. The summed E-state index contributed by atoms with van der Waals surface area (Å²) in [4.78, 5) is 5.42. The van der Waals surface area contributed by atoms with Gasteiger partial charge in [0.1, 0.15) is 23.2 Å². The van der Waals surface area contributed by atoms with Gasteiger partial charge in [-0.25, -0.2) is 4.39 Å². The van der Waals surface area contributed by atoms with Gasteiger partial charge in [-0.1, -0.05) is 30.4 Å². The Morgan fingerprint density at radius 1 is 1.04 bits per heavy atom. The van der Waals surface area contributed by atoms with Gasteiger partial charge in [0.2, 0.25) is 0 Å². The number of likely N-dealkylation sites (N-methyl/N-ethyl adjacent to an activating group) is 1. The van der Waals surface area contributed by atoms with Gasteiger partial charge in [-0.3, -0.25) is 0 Å². The Morgan fingerprint density at radius 3 is 2.38 bits per heavy atom. The van der Waals surface area contributed by atoms with Crippen molar-refractivity contribution in [3.63, 3.8) is 0 Å². The summed E-state index contributed by atoms with van der Waals surface area (Å²) in [5.41, 5.74) is 1.57. The second kappa shape index (κ2) is 7.73. The van der Waals surface area contributed by atoms with Crippen molar-refractivity contribution in [1.29, 1.82) is 0 Å². The van der Waals surface area contributed by atoms with Gasteiger partial charge in [0.15, 0.2) is 0 Å². The van der Waals surface area contributed by atoms with Crippen LogP contribution in [0.15, 0.2) is 48.5 Å². The predicted molar refractivity (Wildman–Crippen MR) is 97.9 cm³/mol. The molecule has 0 N–H and O–H groups in total. The van der Waals surface area contributed by atoms with Crippen molar-refractivity contribution in [1.82, 2.24) is 9.80 Å². The maximum absolute atomic E-state index is 13.6. The maximum atomic E-state index is 13.6. The molecule has 0 atom stereocenters. The van der Waals surface area contributed by atoms with E-state index in [1.165, 1.54) is 6.07 Å². The monoisotopic (exact) mass is 344 g/mol. The van der Waals surface area contributed by atoms with Gasteiger partial charge in [0.05, 0.1) is 0 Å². The summed E-state index contributed by atoms with van der Waals surface area (Å²) < 4.78 is 19.3. The number of thiocarbonyl (C=S) groups is 1. The van der Waals surface area contributed by atoms with Crippen molar-refractivity contribution in [3.05, 3.63) is 65.5 Å². The van der Waals surface area contributed by atoms with E-state index in [0.29, 0.717) is 11.3 Å². The third kappa shape index (κ3) is 4.10. The summed E-state index contributed by atoms with van der Waals surface area (Å²) >= 11 is 5.60. The Hall–Kier alpha value is -1.98. The molecule has 1 aliphatic rings. The van der Waals surface area contributed by atoms with Crippen molar-refractivity contribution >= 4 is 17.2 Å². The van der Waals surface area contributed by atoms with Gasteiger partial charge in [-0.2, -0.15) is 0 Å². The van der Waals surface area contributed by atoms with Crippen LogP contribution < -0.4 is 4.74 Å². The Balaban J connectivity index is 1.59. The maximum Gasteiger partial charge on any atom is 0.129 e. The van der Waals surface area contributed by atoms with E-state index < -0.39 is 0 Å². The molecule has 1 aliphatic heterocycles. The highest BCUT2D eigenvalue weighted by Gasteiger charge is 2.17. The molecule has 0 saturated carbocycles. The molecular formula is C19H21FN2OS. The Kier molecular flexibility index (Phi) is 5.43. The highest BCUT2D eigenvalue weighted by molar-refractivity contribution is 7.80. The number of hydrogen-bond donors (Lipinski definition) is 0. The first kappa shape index (κ1) is 16.9. The van der Waals surface area contributed by atoms with Crippen molar-refractivity contribution in [2.24, 2.45) is 0 Å². The fraction of sp³-hybridized carbons (Fsp3) is 0.316. The van der Waals surface area contributed by atoms with Crippen molar-refractivity contribution in [2.75, 3.05) is 33.2 Å². The van der Waals surface area contributed by atoms with Crippen LogP contribution in [0.2, 0.25) is 0 Å². The number of benzene rings is 2. The predicted octanol–water partition coefficient (Wildman–Crippen LogP) is 3.33. The first-order valence-corrected chi connectivity index (χ1v) is 8.48. The molecule has 0 bridgehead atoms. The summed E-state index contributed by atoms with van der Waals surface area (Å²) in [7, 11) is 2.13. The molecule has 0 unspecified atom stereocenters. The van der Waals surface area contributed by atoms with Gasteiger partial charge in [0, 0.05) is 37.3 Å². The molecule has 2 aromatic rings. The molecule has 3 nitrogen and oxygen atoms in total. The van der Waals surface area contributed by atoms with E-state index in [4.69, 9.17) is 17.0 Å². The van der Waals surface area contributed by atoms with Crippen LogP contribution in [-0.2, 0) is 6.61 Å². The van der Waals surface area contributed by atoms with Gasteiger partial charge < -0.3 is 14.5 Å². The zero-order valence-corrected chi connectivity index (χ0v) is 14.6. The minimum atomic E-state index is -0.245. The molecule has 2 aromatic carbocycles. The summed E-state index contributed by atoms with van der Waals surface area (Å²) in [6.07, 6.45) is 0. The van der Waals surface area contributed by atoms with Gasteiger partial charge in [0.25, 0.3) is 0 Å². The van der Waals surface area contributed by atoms with E-state index in [0.717, 1.165) is 36.7 Å². The van der Waals surface area contributed by atoms with Crippen LogP contribution in [0, 0.1) is 5.82 Å². The molecule has 5 heteroatoms. The smallest absolute Gasteiger partial charge is 0.129 e. The van der Waals surface area contributed by atoms with Crippen LogP contribution in [0.25, 0.3) is 0 Å². The number of rotatable bonds is 4. The lowest BCUT2D eigenvalue weighted by molar-refractivity contribution is 0.218. The molecule has 3 rings (SSSR count). The fourth-order valence-electron chi connectivity index (χ4n) is 2.66. The standard InChI is InChI=1S/C19H21FN2OS/c1-21-10-12-22(13-11-21)19(24)15-6-8-17(9-7-15)23-14-16-4-2-3-5-18(16)20/h2-9H,10-14H2,1H3.